The molecule has 3 heterocycles. The van der Waals surface area contributed by atoms with Crippen LogP contribution in [0.1, 0.15) is 23.0 Å². The Labute approximate surface area is 114 Å². The Balaban J connectivity index is 1.89. The molecular formula is C12H13N5OS. The smallest absolute Gasteiger partial charge is 0.197 e. The highest BCUT2D eigenvalue weighted by Gasteiger charge is 2.11. The fourth-order valence-electron chi connectivity index (χ4n) is 1.92. The molecule has 6 nitrogen and oxygen atoms in total. The van der Waals surface area contributed by atoms with Crippen LogP contribution in [0.3, 0.4) is 0 Å². The average Bonchev–Trinajstić information content (AvgIpc) is 2.93. The number of aryl methyl sites for hydroxylation is 3. The van der Waals surface area contributed by atoms with Gasteiger partial charge in [0.2, 0.25) is 0 Å². The maximum absolute atomic E-state index is 5.18. The van der Waals surface area contributed by atoms with Crippen molar-refractivity contribution in [2.45, 2.75) is 31.7 Å². The van der Waals surface area contributed by atoms with Gasteiger partial charge in [-0.15, -0.1) is 10.2 Å². The highest BCUT2D eigenvalue weighted by Crippen LogP contribution is 2.23. The molecule has 19 heavy (non-hydrogen) atoms. The molecule has 0 aliphatic heterocycles. The highest BCUT2D eigenvalue weighted by molar-refractivity contribution is 7.98. The molecule has 0 unspecified atom stereocenters. The maximum atomic E-state index is 5.18. The van der Waals surface area contributed by atoms with Gasteiger partial charge in [0.25, 0.3) is 0 Å². The molecule has 0 fully saturated rings. The van der Waals surface area contributed by atoms with Crippen molar-refractivity contribution in [3.8, 4) is 0 Å². The zero-order chi connectivity index (χ0) is 13.4. The summed E-state index contributed by atoms with van der Waals surface area (Å²) < 4.78 is 7.13. The van der Waals surface area contributed by atoms with Gasteiger partial charge in [-0.05, 0) is 20.8 Å². The summed E-state index contributed by atoms with van der Waals surface area (Å²) in [6.45, 7) is 5.80. The van der Waals surface area contributed by atoms with E-state index in [2.05, 4.69) is 20.3 Å². The van der Waals surface area contributed by atoms with Crippen LogP contribution >= 0.6 is 11.8 Å². The van der Waals surface area contributed by atoms with E-state index in [4.69, 9.17) is 4.52 Å². The van der Waals surface area contributed by atoms with E-state index < -0.39 is 0 Å². The maximum Gasteiger partial charge on any atom is 0.197 e. The minimum Gasteiger partial charge on any atom is -0.360 e. The molecule has 3 aromatic heterocycles. The van der Waals surface area contributed by atoms with Gasteiger partial charge < -0.3 is 4.52 Å². The molecule has 0 amide bonds. The lowest BCUT2D eigenvalue weighted by Gasteiger charge is -2.02. The van der Waals surface area contributed by atoms with Gasteiger partial charge in [0, 0.05) is 17.8 Å². The molecule has 98 valence electrons. The van der Waals surface area contributed by atoms with Crippen molar-refractivity contribution in [3.05, 3.63) is 35.1 Å². The number of nitrogens with zero attached hydrogens (tertiary/aromatic N) is 5. The van der Waals surface area contributed by atoms with E-state index in [0.717, 1.165) is 33.8 Å². The lowest BCUT2D eigenvalue weighted by atomic mass is 10.4. The quantitative estimate of drug-likeness (QED) is 0.683. The summed E-state index contributed by atoms with van der Waals surface area (Å²) in [7, 11) is 0. The van der Waals surface area contributed by atoms with Gasteiger partial charge >= 0.3 is 0 Å². The zero-order valence-corrected chi connectivity index (χ0v) is 11.7. The number of hydrogen-bond donors (Lipinski definition) is 0. The molecule has 0 radical (unpaired) electrons. The molecule has 0 aromatic carbocycles. The minimum absolute atomic E-state index is 0.676. The Morgan fingerprint density at radius 1 is 1.16 bits per heavy atom. The second-order valence-electron chi connectivity index (χ2n) is 4.34. The predicted molar refractivity (Wildman–Crippen MR) is 71.1 cm³/mol. The van der Waals surface area contributed by atoms with Gasteiger partial charge in [-0.1, -0.05) is 16.9 Å². The Morgan fingerprint density at radius 2 is 2.00 bits per heavy atom. The topological polar surface area (TPSA) is 69.1 Å². The number of rotatable bonds is 3. The molecule has 0 aliphatic carbocycles. The van der Waals surface area contributed by atoms with Gasteiger partial charge in [-0.2, -0.15) is 0 Å². The molecular weight excluding hydrogens is 262 g/mol. The van der Waals surface area contributed by atoms with Crippen molar-refractivity contribution in [2.24, 2.45) is 0 Å². The summed E-state index contributed by atoms with van der Waals surface area (Å²) in [4.78, 5) is 4.43. The van der Waals surface area contributed by atoms with E-state index in [0.29, 0.717) is 5.75 Å². The largest absolute Gasteiger partial charge is 0.360 e. The first kappa shape index (κ1) is 12.2. The fraction of sp³-hybridized carbons (Fsp3) is 0.333. The summed E-state index contributed by atoms with van der Waals surface area (Å²) in [6, 6.07) is 3.84. The number of fused-ring (bicyclic) bond motifs is 1. The van der Waals surface area contributed by atoms with Gasteiger partial charge in [-0.25, -0.2) is 4.98 Å². The first-order valence-corrected chi connectivity index (χ1v) is 6.86. The Bertz CT molecular complexity index is 733. The molecule has 3 rings (SSSR count). The van der Waals surface area contributed by atoms with Crippen LogP contribution in [0.5, 0.6) is 0 Å². The van der Waals surface area contributed by atoms with Gasteiger partial charge in [0.15, 0.2) is 10.8 Å². The Hall–Kier alpha value is -1.89. The summed E-state index contributed by atoms with van der Waals surface area (Å²) in [6.07, 6.45) is 0. The standard InChI is InChI=1S/C12H13N5OS/c1-7-5-11-14-15-12(17(11)9(3)13-7)19-6-10-4-8(2)16-18-10/h4-5H,6H2,1-3H3. The minimum atomic E-state index is 0.676. The number of aromatic nitrogens is 5. The van der Waals surface area contributed by atoms with E-state index in [1.807, 2.05) is 37.3 Å². The lowest BCUT2D eigenvalue weighted by molar-refractivity contribution is 0.391. The summed E-state index contributed by atoms with van der Waals surface area (Å²) in [5.74, 6) is 2.39. The second-order valence-corrected chi connectivity index (χ2v) is 5.29. The van der Waals surface area contributed by atoms with Gasteiger partial charge in [0.05, 0.1) is 11.4 Å². The molecule has 0 atom stereocenters. The Morgan fingerprint density at radius 3 is 2.74 bits per heavy atom. The van der Waals surface area contributed by atoms with Crippen molar-refractivity contribution < 1.29 is 4.52 Å². The number of hydrogen-bond acceptors (Lipinski definition) is 6. The third-order valence-electron chi connectivity index (χ3n) is 2.68. The highest BCUT2D eigenvalue weighted by atomic mass is 32.2. The van der Waals surface area contributed by atoms with Crippen LogP contribution in [-0.4, -0.2) is 24.7 Å². The summed E-state index contributed by atoms with van der Waals surface area (Å²) >= 11 is 1.56. The molecule has 0 N–H and O–H groups in total. The average molecular weight is 275 g/mol. The second kappa shape index (κ2) is 4.65. The van der Waals surface area contributed by atoms with Gasteiger partial charge in [0.1, 0.15) is 11.6 Å². The van der Waals surface area contributed by atoms with Crippen LogP contribution in [0.4, 0.5) is 0 Å². The molecule has 0 bridgehead atoms. The van der Waals surface area contributed by atoms with Crippen molar-refractivity contribution in [3.63, 3.8) is 0 Å². The van der Waals surface area contributed by atoms with Crippen LogP contribution < -0.4 is 0 Å². The van der Waals surface area contributed by atoms with E-state index >= 15 is 0 Å². The van der Waals surface area contributed by atoms with Crippen molar-refractivity contribution in [2.75, 3.05) is 0 Å². The van der Waals surface area contributed by atoms with Crippen LogP contribution in [-0.2, 0) is 5.75 Å². The van der Waals surface area contributed by atoms with Gasteiger partial charge in [-0.3, -0.25) is 4.40 Å². The molecule has 0 saturated carbocycles. The molecule has 7 heteroatoms. The van der Waals surface area contributed by atoms with Crippen LogP contribution in [0.15, 0.2) is 21.8 Å². The van der Waals surface area contributed by atoms with Crippen molar-refractivity contribution in [1.82, 2.24) is 24.7 Å². The van der Waals surface area contributed by atoms with E-state index in [1.165, 1.54) is 0 Å². The van der Waals surface area contributed by atoms with Crippen molar-refractivity contribution >= 4 is 17.4 Å². The fourth-order valence-corrected chi connectivity index (χ4v) is 2.78. The SMILES string of the molecule is Cc1cc(CSc2nnc3cc(C)nc(C)n23)on1. The lowest BCUT2D eigenvalue weighted by Crippen LogP contribution is -1.98. The molecule has 3 aromatic rings. The Kier molecular flexibility index (Phi) is 2.98. The first-order valence-electron chi connectivity index (χ1n) is 5.88. The van der Waals surface area contributed by atoms with Crippen molar-refractivity contribution in [1.29, 1.82) is 0 Å². The van der Waals surface area contributed by atoms with E-state index in [1.54, 1.807) is 11.8 Å². The summed E-state index contributed by atoms with van der Waals surface area (Å²) in [5.41, 5.74) is 2.65. The first-order chi connectivity index (χ1) is 9.13. The normalized spacial score (nSPS) is 11.3. The molecule has 0 spiro atoms. The molecule has 0 saturated heterocycles. The van der Waals surface area contributed by atoms with Crippen LogP contribution in [0.25, 0.3) is 5.65 Å². The van der Waals surface area contributed by atoms with Crippen LogP contribution in [0.2, 0.25) is 0 Å². The van der Waals surface area contributed by atoms with E-state index in [-0.39, 0.29) is 0 Å². The van der Waals surface area contributed by atoms with Crippen LogP contribution in [0, 0.1) is 20.8 Å². The van der Waals surface area contributed by atoms with E-state index in [9.17, 15) is 0 Å². The summed E-state index contributed by atoms with van der Waals surface area (Å²) in [5, 5.41) is 13.0. The monoisotopic (exact) mass is 275 g/mol. The zero-order valence-electron chi connectivity index (χ0n) is 10.9. The molecule has 0 aliphatic rings. The third kappa shape index (κ3) is 2.33. The third-order valence-corrected chi connectivity index (χ3v) is 3.63. The number of thioether (sulfide) groups is 1. The predicted octanol–water partition coefficient (Wildman–Crippen LogP) is 2.33.